The maximum atomic E-state index is 5.27. The van der Waals surface area contributed by atoms with Crippen molar-refractivity contribution in [1.82, 2.24) is 19.9 Å². The Morgan fingerprint density at radius 2 is 0.875 bits per heavy atom. The lowest BCUT2D eigenvalue weighted by molar-refractivity contribution is 1.30. The molecule has 0 aliphatic rings. The van der Waals surface area contributed by atoms with Gasteiger partial charge >= 0.3 is 0 Å². The number of hydrogen-bond donors (Lipinski definition) is 0. The lowest BCUT2D eigenvalue weighted by atomic mass is 9.93. The maximum Gasteiger partial charge on any atom is 0.0972 e. The molecule has 0 aliphatic carbocycles. The van der Waals surface area contributed by atoms with E-state index >= 15 is 0 Å². The van der Waals surface area contributed by atoms with Crippen LogP contribution in [0.5, 0.6) is 0 Å². The second-order valence-corrected chi connectivity index (χ2v) is 12.3. The van der Waals surface area contributed by atoms with Gasteiger partial charge in [0.1, 0.15) is 0 Å². The smallest absolute Gasteiger partial charge is 0.0972 e. The van der Waals surface area contributed by atoms with E-state index in [1.54, 1.807) is 0 Å². The minimum absolute atomic E-state index is 0.856. The van der Waals surface area contributed by atoms with Crippen LogP contribution in [0.15, 0.2) is 158 Å². The van der Waals surface area contributed by atoms with E-state index in [1.165, 1.54) is 32.3 Å². The molecule has 0 fully saturated rings. The first-order valence-electron chi connectivity index (χ1n) is 16.1. The first kappa shape index (κ1) is 26.7. The molecule has 0 unspecified atom stereocenters. The highest BCUT2D eigenvalue weighted by Gasteiger charge is 2.13. The van der Waals surface area contributed by atoms with Gasteiger partial charge in [0, 0.05) is 57.0 Å². The molecule has 48 heavy (non-hydrogen) atoms. The van der Waals surface area contributed by atoms with E-state index in [4.69, 9.17) is 9.97 Å². The molecule has 4 aromatic heterocycles. The van der Waals surface area contributed by atoms with Crippen LogP contribution >= 0.6 is 0 Å². The topological polar surface area (TPSA) is 51.6 Å². The van der Waals surface area contributed by atoms with Crippen LogP contribution in [0.3, 0.4) is 0 Å². The molecule has 4 heterocycles. The lowest BCUT2D eigenvalue weighted by Gasteiger charge is -2.12. The van der Waals surface area contributed by atoms with Crippen molar-refractivity contribution in [2.75, 3.05) is 0 Å². The zero-order chi connectivity index (χ0) is 31.6. The standard InChI is InChI=1S/C44H26N4/c1-6-12-40-29(7-1)21-32(26-46-40)31-22-33(25-45-24-31)42-20-17-28-14-13-27-16-19-41(47-43(27)44(28)48-42)30-15-18-38-36-10-3-2-8-34(36)35-9-4-5-11-37(35)39(38)23-30/h1-26H. The summed E-state index contributed by atoms with van der Waals surface area (Å²) >= 11 is 0. The zero-order valence-corrected chi connectivity index (χ0v) is 25.8. The fourth-order valence-corrected chi connectivity index (χ4v) is 7.12. The van der Waals surface area contributed by atoms with Gasteiger partial charge < -0.3 is 0 Å². The third kappa shape index (κ3) is 4.24. The van der Waals surface area contributed by atoms with E-state index < -0.39 is 0 Å². The van der Waals surface area contributed by atoms with Gasteiger partial charge in [-0.05, 0) is 68.7 Å². The van der Waals surface area contributed by atoms with Gasteiger partial charge in [-0.1, -0.05) is 103 Å². The lowest BCUT2D eigenvalue weighted by Crippen LogP contribution is -1.92. The maximum absolute atomic E-state index is 5.27. The molecule has 222 valence electrons. The summed E-state index contributed by atoms with van der Waals surface area (Å²) < 4.78 is 0. The summed E-state index contributed by atoms with van der Waals surface area (Å²) in [7, 11) is 0. The molecule has 0 spiro atoms. The Bertz CT molecular complexity index is 2880. The first-order valence-corrected chi connectivity index (χ1v) is 16.1. The molecule has 0 saturated carbocycles. The van der Waals surface area contributed by atoms with Crippen LogP contribution in [0.1, 0.15) is 0 Å². The van der Waals surface area contributed by atoms with E-state index in [1.807, 2.05) is 36.8 Å². The van der Waals surface area contributed by atoms with E-state index in [-0.39, 0.29) is 0 Å². The predicted octanol–water partition coefficient (Wildman–Crippen LogP) is 11.2. The molecule has 0 amide bonds. The predicted molar refractivity (Wildman–Crippen MR) is 199 cm³/mol. The Kier molecular flexibility index (Phi) is 5.84. The summed E-state index contributed by atoms with van der Waals surface area (Å²) in [6.07, 6.45) is 5.67. The monoisotopic (exact) mass is 610 g/mol. The highest BCUT2D eigenvalue weighted by Crippen LogP contribution is 2.37. The molecule has 10 aromatic rings. The number of nitrogens with zero attached hydrogens (tertiary/aromatic N) is 4. The number of benzene rings is 6. The van der Waals surface area contributed by atoms with Gasteiger partial charge in [-0.2, -0.15) is 0 Å². The Morgan fingerprint density at radius 3 is 1.58 bits per heavy atom. The fourth-order valence-electron chi connectivity index (χ4n) is 7.12. The first-order chi connectivity index (χ1) is 23.8. The number of pyridine rings is 4. The van der Waals surface area contributed by atoms with Crippen LogP contribution in [-0.4, -0.2) is 19.9 Å². The molecule has 4 heteroatoms. The van der Waals surface area contributed by atoms with Crippen molar-refractivity contribution in [3.05, 3.63) is 158 Å². The Balaban J connectivity index is 1.11. The van der Waals surface area contributed by atoms with E-state index in [9.17, 15) is 0 Å². The molecule has 6 aromatic carbocycles. The highest BCUT2D eigenvalue weighted by atomic mass is 14.8. The number of hydrogen-bond acceptors (Lipinski definition) is 4. The Hall–Kier alpha value is -6.52. The van der Waals surface area contributed by atoms with Crippen LogP contribution in [0.25, 0.3) is 98.7 Å². The molecule has 4 nitrogen and oxygen atoms in total. The van der Waals surface area contributed by atoms with Gasteiger partial charge in [-0.15, -0.1) is 0 Å². The van der Waals surface area contributed by atoms with Crippen LogP contribution in [0.2, 0.25) is 0 Å². The summed E-state index contributed by atoms with van der Waals surface area (Å²) in [5.41, 5.74) is 8.58. The molecule has 10 rings (SSSR count). The highest BCUT2D eigenvalue weighted by molar-refractivity contribution is 6.25. The third-order valence-corrected chi connectivity index (χ3v) is 9.52. The van der Waals surface area contributed by atoms with Crippen molar-refractivity contribution in [3.8, 4) is 33.6 Å². The normalized spacial score (nSPS) is 11.8. The number of para-hydroxylation sites is 1. The third-order valence-electron chi connectivity index (χ3n) is 9.52. The van der Waals surface area contributed by atoms with Gasteiger partial charge in [0.25, 0.3) is 0 Å². The van der Waals surface area contributed by atoms with Crippen LogP contribution in [-0.2, 0) is 0 Å². The van der Waals surface area contributed by atoms with Gasteiger partial charge in [0.05, 0.1) is 27.9 Å². The van der Waals surface area contributed by atoms with Gasteiger partial charge in [-0.25, -0.2) is 9.97 Å². The summed E-state index contributed by atoms with van der Waals surface area (Å²) in [6, 6.07) is 49.3. The van der Waals surface area contributed by atoms with E-state index in [2.05, 4.69) is 131 Å². The van der Waals surface area contributed by atoms with Gasteiger partial charge in [0.2, 0.25) is 0 Å². The largest absolute Gasteiger partial charge is 0.263 e. The summed E-state index contributed by atoms with van der Waals surface area (Å²) in [5.74, 6) is 0. The Labute approximate surface area is 276 Å². The van der Waals surface area contributed by atoms with Crippen molar-refractivity contribution in [2.24, 2.45) is 0 Å². The second kappa shape index (κ2) is 10.5. The Morgan fingerprint density at radius 1 is 0.333 bits per heavy atom. The van der Waals surface area contributed by atoms with Crippen molar-refractivity contribution in [2.45, 2.75) is 0 Å². The molecule has 0 N–H and O–H groups in total. The molecule has 0 saturated heterocycles. The van der Waals surface area contributed by atoms with Crippen LogP contribution in [0, 0.1) is 0 Å². The van der Waals surface area contributed by atoms with Crippen molar-refractivity contribution < 1.29 is 0 Å². The number of rotatable bonds is 3. The quantitative estimate of drug-likeness (QED) is 0.187. The van der Waals surface area contributed by atoms with Crippen molar-refractivity contribution in [1.29, 1.82) is 0 Å². The SMILES string of the molecule is c1ccc2ncc(-c3cncc(-c4ccc5ccc6ccc(-c7ccc8c9ccccc9c9ccccc9c8c7)nc6c5n4)c3)cc2c1. The van der Waals surface area contributed by atoms with E-state index in [0.29, 0.717) is 0 Å². The van der Waals surface area contributed by atoms with Crippen LogP contribution in [0.4, 0.5) is 0 Å². The van der Waals surface area contributed by atoms with Gasteiger partial charge in [0.15, 0.2) is 0 Å². The number of aromatic nitrogens is 4. The zero-order valence-electron chi connectivity index (χ0n) is 25.8. The van der Waals surface area contributed by atoms with E-state index in [0.717, 1.165) is 66.4 Å². The molecular formula is C44H26N4. The van der Waals surface area contributed by atoms with Crippen molar-refractivity contribution >= 4 is 65.0 Å². The molecule has 0 bridgehead atoms. The average molecular weight is 611 g/mol. The molecule has 0 atom stereocenters. The van der Waals surface area contributed by atoms with Gasteiger partial charge in [-0.3, -0.25) is 9.97 Å². The minimum atomic E-state index is 0.856. The molecule has 0 radical (unpaired) electrons. The summed E-state index contributed by atoms with van der Waals surface area (Å²) in [4.78, 5) is 19.7. The summed E-state index contributed by atoms with van der Waals surface area (Å²) in [5, 5.41) is 10.8. The van der Waals surface area contributed by atoms with Crippen molar-refractivity contribution in [3.63, 3.8) is 0 Å². The van der Waals surface area contributed by atoms with Crippen LogP contribution < -0.4 is 0 Å². The summed E-state index contributed by atoms with van der Waals surface area (Å²) in [6.45, 7) is 0. The number of fused-ring (bicyclic) bond motifs is 10. The average Bonchev–Trinajstić information content (AvgIpc) is 3.17. The second-order valence-electron chi connectivity index (χ2n) is 12.3. The molecular weight excluding hydrogens is 585 g/mol. The fraction of sp³-hybridized carbons (Fsp3) is 0. The minimum Gasteiger partial charge on any atom is -0.263 e. The molecule has 0 aliphatic heterocycles.